The van der Waals surface area contributed by atoms with Crippen LogP contribution >= 0.6 is 0 Å². The highest BCUT2D eigenvalue weighted by Crippen LogP contribution is 2.34. The molecule has 0 aliphatic heterocycles. The first-order valence-corrected chi connectivity index (χ1v) is 5.49. The van der Waals surface area contributed by atoms with E-state index < -0.39 is 0 Å². The van der Waals surface area contributed by atoms with Crippen molar-refractivity contribution in [2.75, 3.05) is 7.05 Å². The second-order valence-corrected chi connectivity index (χ2v) is 4.52. The second kappa shape index (κ2) is 3.77. The highest BCUT2D eigenvalue weighted by Gasteiger charge is 2.32. The summed E-state index contributed by atoms with van der Waals surface area (Å²) in [5.41, 5.74) is 2.71. The number of guanidine groups is 1. The summed E-state index contributed by atoms with van der Waals surface area (Å²) in [6.07, 6.45) is 5.15. The Morgan fingerprint density at radius 2 is 2.07 bits per heavy atom. The number of nitrogens with zero attached hydrogens (tertiary/aromatic N) is 2. The molecule has 0 saturated heterocycles. The van der Waals surface area contributed by atoms with Gasteiger partial charge in [-0.2, -0.15) is 0 Å². The Balaban J connectivity index is 1.94. The molecule has 4 heteroatoms. The van der Waals surface area contributed by atoms with Crippen LogP contribution in [0.25, 0.3) is 0 Å². The number of rotatable bonds is 3. The van der Waals surface area contributed by atoms with Gasteiger partial charge in [-0.3, -0.25) is 5.43 Å². The number of aliphatic imine (C=N–C) groups is 1. The standard InChI is InChI=1S/C10H20N4/c1-7(8-3-4-8)14(2)10(13-11)12-9-5-6-9/h7-9H,3-6,11H2,1-2H3,(H,12,13). The third-order valence-corrected chi connectivity index (χ3v) is 3.23. The molecule has 2 rings (SSSR count). The molecule has 14 heavy (non-hydrogen) atoms. The topological polar surface area (TPSA) is 53.6 Å². The lowest BCUT2D eigenvalue weighted by atomic mass is 10.2. The fraction of sp³-hybridized carbons (Fsp3) is 0.900. The number of nitrogens with two attached hydrogens (primary N) is 1. The lowest BCUT2D eigenvalue weighted by Gasteiger charge is -2.27. The highest BCUT2D eigenvalue weighted by molar-refractivity contribution is 5.79. The van der Waals surface area contributed by atoms with Gasteiger partial charge in [-0.15, -0.1) is 0 Å². The predicted molar refractivity (Wildman–Crippen MR) is 57.7 cm³/mol. The Morgan fingerprint density at radius 3 is 2.50 bits per heavy atom. The molecule has 1 unspecified atom stereocenters. The van der Waals surface area contributed by atoms with E-state index in [0.29, 0.717) is 12.1 Å². The maximum absolute atomic E-state index is 5.49. The first-order chi connectivity index (χ1) is 6.72. The van der Waals surface area contributed by atoms with Crippen LogP contribution < -0.4 is 11.3 Å². The summed E-state index contributed by atoms with van der Waals surface area (Å²) < 4.78 is 0. The summed E-state index contributed by atoms with van der Waals surface area (Å²) in [5.74, 6) is 7.18. The van der Waals surface area contributed by atoms with Gasteiger partial charge in [0.2, 0.25) is 5.96 Å². The summed E-state index contributed by atoms with van der Waals surface area (Å²) in [5, 5.41) is 0. The maximum atomic E-state index is 5.49. The average molecular weight is 196 g/mol. The van der Waals surface area contributed by atoms with Crippen LogP contribution in [0.3, 0.4) is 0 Å². The van der Waals surface area contributed by atoms with Crippen molar-refractivity contribution in [1.29, 1.82) is 0 Å². The van der Waals surface area contributed by atoms with Crippen molar-refractivity contribution < 1.29 is 0 Å². The van der Waals surface area contributed by atoms with Crippen LogP contribution in [0.15, 0.2) is 4.99 Å². The SMILES string of the molecule is CC(C1CC1)N(C)C(=NC1CC1)NN. The molecular weight excluding hydrogens is 176 g/mol. The van der Waals surface area contributed by atoms with E-state index in [1.807, 2.05) is 0 Å². The molecule has 3 N–H and O–H groups in total. The molecule has 0 aromatic rings. The van der Waals surface area contributed by atoms with Crippen molar-refractivity contribution in [3.05, 3.63) is 0 Å². The summed E-state index contributed by atoms with van der Waals surface area (Å²) in [6.45, 7) is 2.25. The predicted octanol–water partition coefficient (Wildman–Crippen LogP) is 0.698. The number of nitrogens with one attached hydrogen (secondary N) is 1. The Labute approximate surface area is 85.5 Å². The van der Waals surface area contributed by atoms with E-state index in [2.05, 4.69) is 29.3 Å². The number of hydrogen-bond acceptors (Lipinski definition) is 2. The average Bonchev–Trinajstić information content (AvgIpc) is 3.03. The Morgan fingerprint density at radius 1 is 1.43 bits per heavy atom. The van der Waals surface area contributed by atoms with E-state index in [1.165, 1.54) is 25.7 Å². The molecule has 2 aliphatic carbocycles. The van der Waals surface area contributed by atoms with Gasteiger partial charge in [0.05, 0.1) is 6.04 Å². The first kappa shape index (κ1) is 9.77. The molecule has 0 spiro atoms. The van der Waals surface area contributed by atoms with Crippen LogP contribution in [0.4, 0.5) is 0 Å². The van der Waals surface area contributed by atoms with Gasteiger partial charge >= 0.3 is 0 Å². The van der Waals surface area contributed by atoms with Crippen molar-refractivity contribution in [3.63, 3.8) is 0 Å². The molecule has 4 nitrogen and oxygen atoms in total. The molecule has 1 atom stereocenters. The normalized spacial score (nSPS) is 24.6. The lowest BCUT2D eigenvalue weighted by Crippen LogP contribution is -2.47. The quantitative estimate of drug-likeness (QED) is 0.302. The fourth-order valence-electron chi connectivity index (χ4n) is 1.69. The van der Waals surface area contributed by atoms with Gasteiger partial charge < -0.3 is 4.90 Å². The lowest BCUT2D eigenvalue weighted by molar-refractivity contribution is 0.342. The minimum atomic E-state index is 0.523. The molecule has 0 amide bonds. The van der Waals surface area contributed by atoms with E-state index in [4.69, 9.17) is 5.84 Å². The summed E-state index contributed by atoms with van der Waals surface area (Å²) in [4.78, 5) is 6.72. The molecule has 0 aromatic heterocycles. The van der Waals surface area contributed by atoms with Gasteiger partial charge in [-0.25, -0.2) is 10.8 Å². The van der Waals surface area contributed by atoms with Gasteiger partial charge in [-0.05, 0) is 38.5 Å². The van der Waals surface area contributed by atoms with Crippen LogP contribution in [0.1, 0.15) is 32.6 Å². The monoisotopic (exact) mass is 196 g/mol. The summed E-state index contributed by atoms with van der Waals surface area (Å²) in [6, 6.07) is 1.08. The largest absolute Gasteiger partial charge is 0.342 e. The van der Waals surface area contributed by atoms with E-state index in [1.54, 1.807) is 0 Å². The van der Waals surface area contributed by atoms with Crippen molar-refractivity contribution in [2.24, 2.45) is 16.8 Å². The smallest absolute Gasteiger partial charge is 0.208 e. The zero-order valence-electron chi connectivity index (χ0n) is 9.03. The summed E-state index contributed by atoms with van der Waals surface area (Å²) >= 11 is 0. The Kier molecular flexibility index (Phi) is 2.63. The molecule has 2 saturated carbocycles. The molecule has 80 valence electrons. The zero-order valence-corrected chi connectivity index (χ0v) is 9.03. The van der Waals surface area contributed by atoms with Crippen molar-refractivity contribution >= 4 is 5.96 Å². The second-order valence-electron chi connectivity index (χ2n) is 4.52. The molecule has 2 aliphatic rings. The van der Waals surface area contributed by atoms with Gasteiger partial charge in [0.25, 0.3) is 0 Å². The summed E-state index contributed by atoms with van der Waals surface area (Å²) in [7, 11) is 2.07. The van der Waals surface area contributed by atoms with Crippen LogP contribution in [0.5, 0.6) is 0 Å². The van der Waals surface area contributed by atoms with E-state index >= 15 is 0 Å². The Hall–Kier alpha value is -0.770. The van der Waals surface area contributed by atoms with E-state index in [-0.39, 0.29) is 0 Å². The van der Waals surface area contributed by atoms with Crippen molar-refractivity contribution in [1.82, 2.24) is 10.3 Å². The van der Waals surface area contributed by atoms with Gasteiger partial charge in [0.15, 0.2) is 0 Å². The first-order valence-electron chi connectivity index (χ1n) is 5.49. The van der Waals surface area contributed by atoms with Gasteiger partial charge in [-0.1, -0.05) is 0 Å². The highest BCUT2D eigenvalue weighted by atomic mass is 15.4. The van der Waals surface area contributed by atoms with Crippen molar-refractivity contribution in [2.45, 2.75) is 44.7 Å². The van der Waals surface area contributed by atoms with Crippen molar-refractivity contribution in [3.8, 4) is 0 Å². The van der Waals surface area contributed by atoms with E-state index in [9.17, 15) is 0 Å². The number of hydrazine groups is 1. The van der Waals surface area contributed by atoms with E-state index in [0.717, 1.165) is 11.9 Å². The van der Waals surface area contributed by atoms with Crippen LogP contribution in [-0.4, -0.2) is 30.0 Å². The van der Waals surface area contributed by atoms with Gasteiger partial charge in [0.1, 0.15) is 0 Å². The minimum Gasteiger partial charge on any atom is -0.342 e. The van der Waals surface area contributed by atoms with Gasteiger partial charge in [0, 0.05) is 13.1 Å². The van der Waals surface area contributed by atoms with Crippen LogP contribution in [0.2, 0.25) is 0 Å². The molecule has 0 heterocycles. The molecule has 0 radical (unpaired) electrons. The number of hydrogen-bond donors (Lipinski definition) is 2. The molecule has 0 bridgehead atoms. The molecular formula is C10H20N4. The van der Waals surface area contributed by atoms with Crippen LogP contribution in [0, 0.1) is 5.92 Å². The Bertz CT molecular complexity index is 230. The third-order valence-electron chi connectivity index (χ3n) is 3.23. The fourth-order valence-corrected chi connectivity index (χ4v) is 1.69. The third kappa shape index (κ3) is 2.18. The molecule has 2 fully saturated rings. The molecule has 0 aromatic carbocycles. The maximum Gasteiger partial charge on any atom is 0.208 e. The minimum absolute atomic E-state index is 0.523. The zero-order chi connectivity index (χ0) is 10.1. The van der Waals surface area contributed by atoms with Crippen LogP contribution in [-0.2, 0) is 0 Å².